The predicted octanol–water partition coefficient (Wildman–Crippen LogP) is -0.179. The van der Waals surface area contributed by atoms with E-state index in [2.05, 4.69) is 5.32 Å². The molecule has 5 heteroatoms. The molecule has 2 fully saturated rings. The molecule has 0 aromatic carbocycles. The summed E-state index contributed by atoms with van der Waals surface area (Å²) < 4.78 is 10.6. The van der Waals surface area contributed by atoms with Crippen LogP contribution >= 0.6 is 0 Å². The lowest BCUT2D eigenvalue weighted by atomic mass is 9.96. The Labute approximate surface area is 95.1 Å². The van der Waals surface area contributed by atoms with Crippen molar-refractivity contribution in [3.63, 3.8) is 0 Å². The highest BCUT2D eigenvalue weighted by atomic mass is 16.5. The van der Waals surface area contributed by atoms with Gasteiger partial charge in [0.2, 0.25) is 5.91 Å². The normalized spacial score (nSPS) is 38.9. The first-order chi connectivity index (χ1) is 7.62. The van der Waals surface area contributed by atoms with Crippen molar-refractivity contribution in [3.05, 3.63) is 0 Å². The number of nitrogens with one attached hydrogen (secondary N) is 1. The molecule has 2 rings (SSSR count). The van der Waals surface area contributed by atoms with Crippen LogP contribution in [0.4, 0.5) is 0 Å². The molecule has 2 unspecified atom stereocenters. The highest BCUT2D eigenvalue weighted by Gasteiger charge is 2.40. The first kappa shape index (κ1) is 11.8. The van der Waals surface area contributed by atoms with Crippen LogP contribution in [0.2, 0.25) is 0 Å². The van der Waals surface area contributed by atoms with Crippen molar-refractivity contribution in [2.75, 3.05) is 19.8 Å². The van der Waals surface area contributed by atoms with E-state index in [1.54, 1.807) is 0 Å². The van der Waals surface area contributed by atoms with Crippen LogP contribution in [0.1, 0.15) is 26.2 Å². The van der Waals surface area contributed by atoms with Crippen LogP contribution in [0.5, 0.6) is 0 Å². The minimum absolute atomic E-state index is 0.120. The Balaban J connectivity index is 1.80. The van der Waals surface area contributed by atoms with Crippen LogP contribution in [0.3, 0.4) is 0 Å². The van der Waals surface area contributed by atoms with Crippen molar-refractivity contribution in [3.8, 4) is 0 Å². The van der Waals surface area contributed by atoms with Crippen LogP contribution < -0.4 is 5.32 Å². The molecule has 0 spiro atoms. The number of rotatable bonds is 3. The summed E-state index contributed by atoms with van der Waals surface area (Å²) in [5.41, 5.74) is -0.922. The van der Waals surface area contributed by atoms with Gasteiger partial charge in [0.1, 0.15) is 11.7 Å². The maximum Gasteiger partial charge on any atom is 0.249 e. The number of carbonyl (C=O) groups is 1. The quantitative estimate of drug-likeness (QED) is 0.704. The number of hydrogen-bond acceptors (Lipinski definition) is 4. The number of amides is 1. The average molecular weight is 229 g/mol. The zero-order valence-corrected chi connectivity index (χ0v) is 9.57. The van der Waals surface area contributed by atoms with Crippen molar-refractivity contribution < 1.29 is 19.4 Å². The molecule has 0 radical (unpaired) electrons. The zero-order valence-electron chi connectivity index (χ0n) is 9.57. The minimum atomic E-state index is -0.922. The van der Waals surface area contributed by atoms with Gasteiger partial charge >= 0.3 is 0 Å². The Bertz CT molecular complexity index is 265. The van der Waals surface area contributed by atoms with E-state index in [9.17, 15) is 9.90 Å². The van der Waals surface area contributed by atoms with Crippen molar-refractivity contribution in [1.29, 1.82) is 0 Å². The molecule has 1 amide bonds. The van der Waals surface area contributed by atoms with Crippen LogP contribution in [0, 0.1) is 0 Å². The summed E-state index contributed by atoms with van der Waals surface area (Å²) in [6.07, 6.45) is 1.72. The largest absolute Gasteiger partial charge is 0.385 e. The van der Waals surface area contributed by atoms with Crippen LogP contribution in [-0.2, 0) is 14.3 Å². The molecule has 5 nitrogen and oxygen atoms in total. The summed E-state index contributed by atoms with van der Waals surface area (Å²) in [7, 11) is 0. The van der Waals surface area contributed by atoms with E-state index in [0.717, 1.165) is 12.8 Å². The molecule has 2 heterocycles. The van der Waals surface area contributed by atoms with Crippen LogP contribution in [0.25, 0.3) is 0 Å². The van der Waals surface area contributed by atoms with Crippen molar-refractivity contribution in [2.45, 2.75) is 44.0 Å². The maximum absolute atomic E-state index is 11.7. The van der Waals surface area contributed by atoms with Gasteiger partial charge < -0.3 is 19.9 Å². The first-order valence-corrected chi connectivity index (χ1v) is 5.85. The Hall–Kier alpha value is -0.650. The Kier molecular flexibility index (Phi) is 3.47. The van der Waals surface area contributed by atoms with E-state index >= 15 is 0 Å². The lowest BCUT2D eigenvalue weighted by Gasteiger charge is -2.26. The molecule has 0 saturated carbocycles. The smallest absolute Gasteiger partial charge is 0.249 e. The van der Waals surface area contributed by atoms with E-state index in [1.165, 1.54) is 0 Å². The van der Waals surface area contributed by atoms with E-state index in [0.29, 0.717) is 19.6 Å². The Morgan fingerprint density at radius 1 is 1.50 bits per heavy atom. The monoisotopic (exact) mass is 229 g/mol. The molecular weight excluding hydrogens is 210 g/mol. The third-order valence-electron chi connectivity index (χ3n) is 3.45. The van der Waals surface area contributed by atoms with E-state index < -0.39 is 5.60 Å². The summed E-state index contributed by atoms with van der Waals surface area (Å²) in [6.45, 7) is 3.27. The summed E-state index contributed by atoms with van der Waals surface area (Å²) >= 11 is 0. The van der Waals surface area contributed by atoms with Gasteiger partial charge in [-0.1, -0.05) is 0 Å². The molecule has 2 aliphatic heterocycles. The Morgan fingerprint density at radius 3 is 2.88 bits per heavy atom. The lowest BCUT2D eigenvalue weighted by Crippen LogP contribution is -2.49. The molecule has 2 N–H and O–H groups in total. The second-order valence-electron chi connectivity index (χ2n) is 4.59. The van der Waals surface area contributed by atoms with Gasteiger partial charge in [0.05, 0.1) is 6.10 Å². The highest BCUT2D eigenvalue weighted by Crippen LogP contribution is 2.24. The van der Waals surface area contributed by atoms with Gasteiger partial charge in [0.15, 0.2) is 0 Å². The maximum atomic E-state index is 11.7. The van der Waals surface area contributed by atoms with Crippen LogP contribution in [0.15, 0.2) is 0 Å². The molecule has 0 aliphatic carbocycles. The minimum Gasteiger partial charge on any atom is -0.385 e. The third-order valence-corrected chi connectivity index (χ3v) is 3.45. The van der Waals surface area contributed by atoms with Crippen molar-refractivity contribution in [1.82, 2.24) is 5.32 Å². The van der Waals surface area contributed by atoms with Gasteiger partial charge in [-0.2, -0.15) is 0 Å². The van der Waals surface area contributed by atoms with E-state index in [4.69, 9.17) is 9.47 Å². The molecule has 2 aliphatic rings. The van der Waals surface area contributed by atoms with Crippen molar-refractivity contribution >= 4 is 5.91 Å². The molecule has 2 saturated heterocycles. The second-order valence-corrected chi connectivity index (χ2v) is 4.59. The molecule has 3 atom stereocenters. The van der Waals surface area contributed by atoms with Gasteiger partial charge in [-0.15, -0.1) is 0 Å². The number of hydrogen-bond donors (Lipinski definition) is 2. The van der Waals surface area contributed by atoms with Gasteiger partial charge in [0, 0.05) is 26.2 Å². The summed E-state index contributed by atoms with van der Waals surface area (Å²) in [6, 6.07) is 0. The van der Waals surface area contributed by atoms with Gasteiger partial charge in [-0.25, -0.2) is 0 Å². The van der Waals surface area contributed by atoms with Gasteiger partial charge in [-0.3, -0.25) is 4.79 Å². The highest BCUT2D eigenvalue weighted by molar-refractivity contribution is 5.81. The number of aliphatic hydroxyl groups is 1. The zero-order chi connectivity index (χ0) is 11.6. The van der Waals surface area contributed by atoms with Crippen LogP contribution in [-0.4, -0.2) is 48.6 Å². The fourth-order valence-corrected chi connectivity index (χ4v) is 2.14. The first-order valence-electron chi connectivity index (χ1n) is 5.85. The second kappa shape index (κ2) is 4.69. The standard InChI is InChI=1S/C11H19NO4/c1-8-11(14,4-6-15-8)7-12-10(13)9-3-2-5-16-9/h8-9,14H,2-7H2,1H3,(H,12,13)/t8?,9-,11?/m0/s1. The Morgan fingerprint density at radius 2 is 2.31 bits per heavy atom. The molecule has 0 aromatic heterocycles. The molecule has 0 aromatic rings. The molecule has 16 heavy (non-hydrogen) atoms. The molecular formula is C11H19NO4. The molecule has 0 bridgehead atoms. The van der Waals surface area contributed by atoms with Crippen molar-refractivity contribution in [2.24, 2.45) is 0 Å². The topological polar surface area (TPSA) is 67.8 Å². The lowest BCUT2D eigenvalue weighted by molar-refractivity contribution is -0.131. The summed E-state index contributed by atoms with van der Waals surface area (Å²) in [5.74, 6) is -0.120. The van der Waals surface area contributed by atoms with Gasteiger partial charge in [-0.05, 0) is 19.8 Å². The summed E-state index contributed by atoms with van der Waals surface area (Å²) in [5, 5.41) is 12.9. The number of carbonyl (C=O) groups excluding carboxylic acids is 1. The third kappa shape index (κ3) is 2.36. The fourth-order valence-electron chi connectivity index (χ4n) is 2.14. The van der Waals surface area contributed by atoms with E-state index in [-0.39, 0.29) is 24.7 Å². The fraction of sp³-hybridized carbons (Fsp3) is 0.909. The average Bonchev–Trinajstić information content (AvgIpc) is 2.87. The van der Waals surface area contributed by atoms with Gasteiger partial charge in [0.25, 0.3) is 0 Å². The molecule has 92 valence electrons. The predicted molar refractivity (Wildman–Crippen MR) is 57.0 cm³/mol. The van der Waals surface area contributed by atoms with E-state index in [1.807, 2.05) is 6.92 Å². The SMILES string of the molecule is CC1OCCC1(O)CNC(=O)[C@@H]1CCCO1. The number of ether oxygens (including phenoxy) is 2. The summed E-state index contributed by atoms with van der Waals surface area (Å²) in [4.78, 5) is 11.7.